The first-order chi connectivity index (χ1) is 10.2. The summed E-state index contributed by atoms with van der Waals surface area (Å²) in [5.41, 5.74) is 0.313. The van der Waals surface area contributed by atoms with Gasteiger partial charge in [-0.25, -0.2) is 4.39 Å². The second kappa shape index (κ2) is 10.4. The summed E-state index contributed by atoms with van der Waals surface area (Å²) in [6.07, 6.45) is 9.88. The van der Waals surface area contributed by atoms with Crippen molar-refractivity contribution in [3.8, 4) is 0 Å². The van der Waals surface area contributed by atoms with E-state index in [2.05, 4.69) is 6.92 Å². The maximum absolute atomic E-state index is 13.7. The van der Waals surface area contributed by atoms with E-state index in [9.17, 15) is 14.3 Å². The minimum absolute atomic E-state index is 0.313. The smallest absolute Gasteiger partial charge is 0.311 e. The van der Waals surface area contributed by atoms with Crippen LogP contribution < -0.4 is 0 Å². The van der Waals surface area contributed by atoms with E-state index in [1.165, 1.54) is 38.2 Å². The highest BCUT2D eigenvalue weighted by Crippen LogP contribution is 2.25. The Kier molecular flexibility index (Phi) is 8.72. The second-order valence-corrected chi connectivity index (χ2v) is 5.68. The summed E-state index contributed by atoms with van der Waals surface area (Å²) < 4.78 is 13.7. The standard InChI is InChI=1S/C18H27FO2/c1-2-3-4-5-6-7-8-9-13-16(18(20)21)15-12-10-11-14-17(15)19/h10-12,14,16H,2-9,13H2,1H3,(H,20,21). The minimum Gasteiger partial charge on any atom is -0.481 e. The number of rotatable bonds is 11. The number of carboxylic acid groups (broad SMARTS) is 1. The van der Waals surface area contributed by atoms with Crippen LogP contribution in [0, 0.1) is 5.82 Å². The Morgan fingerprint density at radius 1 is 1.05 bits per heavy atom. The molecule has 118 valence electrons. The van der Waals surface area contributed by atoms with Crippen molar-refractivity contribution < 1.29 is 14.3 Å². The Morgan fingerprint density at radius 3 is 2.19 bits per heavy atom. The van der Waals surface area contributed by atoms with Crippen molar-refractivity contribution in [1.82, 2.24) is 0 Å². The van der Waals surface area contributed by atoms with E-state index in [1.807, 2.05) is 0 Å². The summed E-state index contributed by atoms with van der Waals surface area (Å²) in [5, 5.41) is 9.28. The summed E-state index contributed by atoms with van der Waals surface area (Å²) in [6, 6.07) is 6.20. The third-order valence-corrected chi connectivity index (χ3v) is 3.93. The van der Waals surface area contributed by atoms with Gasteiger partial charge in [0, 0.05) is 5.56 Å². The molecule has 1 N–H and O–H groups in total. The summed E-state index contributed by atoms with van der Waals surface area (Å²) in [5.74, 6) is -2.06. The largest absolute Gasteiger partial charge is 0.481 e. The van der Waals surface area contributed by atoms with Crippen molar-refractivity contribution >= 4 is 5.97 Å². The molecule has 0 spiro atoms. The quantitative estimate of drug-likeness (QED) is 0.545. The normalized spacial score (nSPS) is 12.3. The first-order valence-corrected chi connectivity index (χ1v) is 8.14. The molecule has 0 radical (unpaired) electrons. The molecule has 2 nitrogen and oxygen atoms in total. The van der Waals surface area contributed by atoms with Crippen LogP contribution in [0.15, 0.2) is 24.3 Å². The van der Waals surface area contributed by atoms with E-state index in [0.29, 0.717) is 12.0 Å². The molecule has 0 saturated carbocycles. The molecule has 1 unspecified atom stereocenters. The van der Waals surface area contributed by atoms with Gasteiger partial charge in [0.2, 0.25) is 0 Å². The molecule has 0 fully saturated rings. The average Bonchev–Trinajstić information content (AvgIpc) is 2.46. The topological polar surface area (TPSA) is 37.3 Å². The first-order valence-electron chi connectivity index (χ1n) is 8.14. The zero-order valence-electron chi connectivity index (χ0n) is 13.0. The van der Waals surface area contributed by atoms with Crippen molar-refractivity contribution in [2.45, 2.75) is 70.6 Å². The Hall–Kier alpha value is -1.38. The van der Waals surface area contributed by atoms with Crippen LogP contribution in [0.4, 0.5) is 4.39 Å². The fraction of sp³-hybridized carbons (Fsp3) is 0.611. The maximum Gasteiger partial charge on any atom is 0.311 e. The lowest BCUT2D eigenvalue weighted by Gasteiger charge is -2.13. The van der Waals surface area contributed by atoms with Gasteiger partial charge in [0.15, 0.2) is 0 Å². The lowest BCUT2D eigenvalue weighted by atomic mass is 9.92. The van der Waals surface area contributed by atoms with E-state index >= 15 is 0 Å². The van der Waals surface area contributed by atoms with Gasteiger partial charge < -0.3 is 5.11 Å². The zero-order chi connectivity index (χ0) is 15.5. The second-order valence-electron chi connectivity index (χ2n) is 5.68. The SMILES string of the molecule is CCCCCCCCCCC(C(=O)O)c1ccccc1F. The van der Waals surface area contributed by atoms with Crippen LogP contribution in [0.25, 0.3) is 0 Å². The Balaban J connectivity index is 2.30. The molecule has 0 saturated heterocycles. The lowest BCUT2D eigenvalue weighted by Crippen LogP contribution is -2.13. The number of carboxylic acids is 1. The van der Waals surface area contributed by atoms with E-state index in [1.54, 1.807) is 18.2 Å². The Morgan fingerprint density at radius 2 is 1.62 bits per heavy atom. The third kappa shape index (κ3) is 6.74. The molecular weight excluding hydrogens is 267 g/mol. The van der Waals surface area contributed by atoms with Gasteiger partial charge in [0.25, 0.3) is 0 Å². The van der Waals surface area contributed by atoms with Crippen LogP contribution in [-0.2, 0) is 4.79 Å². The van der Waals surface area contributed by atoms with E-state index in [4.69, 9.17) is 0 Å². The van der Waals surface area contributed by atoms with Crippen molar-refractivity contribution in [3.05, 3.63) is 35.6 Å². The number of carbonyl (C=O) groups is 1. The highest BCUT2D eigenvalue weighted by molar-refractivity contribution is 5.76. The Labute approximate surface area is 127 Å². The third-order valence-electron chi connectivity index (χ3n) is 3.93. The summed E-state index contributed by atoms with van der Waals surface area (Å²) in [7, 11) is 0. The number of hydrogen-bond donors (Lipinski definition) is 1. The van der Waals surface area contributed by atoms with Crippen LogP contribution in [0.1, 0.15) is 76.2 Å². The fourth-order valence-corrected chi connectivity index (χ4v) is 2.65. The van der Waals surface area contributed by atoms with Gasteiger partial charge in [-0.15, -0.1) is 0 Å². The maximum atomic E-state index is 13.7. The molecule has 0 aliphatic carbocycles. The number of benzene rings is 1. The highest BCUT2D eigenvalue weighted by atomic mass is 19.1. The zero-order valence-corrected chi connectivity index (χ0v) is 13.0. The molecule has 0 amide bonds. The van der Waals surface area contributed by atoms with Crippen molar-refractivity contribution in [1.29, 1.82) is 0 Å². The summed E-state index contributed by atoms with van der Waals surface area (Å²) in [6.45, 7) is 2.20. The molecule has 0 bridgehead atoms. The molecule has 3 heteroatoms. The van der Waals surface area contributed by atoms with E-state index in [0.717, 1.165) is 19.3 Å². The Bertz CT molecular complexity index is 417. The van der Waals surface area contributed by atoms with Gasteiger partial charge in [-0.05, 0) is 12.5 Å². The molecule has 1 aromatic rings. The van der Waals surface area contributed by atoms with Crippen molar-refractivity contribution in [2.75, 3.05) is 0 Å². The molecular formula is C18H27FO2. The van der Waals surface area contributed by atoms with Crippen LogP contribution in [0.5, 0.6) is 0 Å². The highest BCUT2D eigenvalue weighted by Gasteiger charge is 2.22. The molecule has 1 atom stereocenters. The van der Waals surface area contributed by atoms with Crippen molar-refractivity contribution in [2.24, 2.45) is 0 Å². The number of halogens is 1. The molecule has 1 rings (SSSR count). The average molecular weight is 294 g/mol. The number of hydrogen-bond acceptors (Lipinski definition) is 1. The molecule has 21 heavy (non-hydrogen) atoms. The van der Waals surface area contributed by atoms with E-state index < -0.39 is 17.7 Å². The molecule has 0 heterocycles. The van der Waals surface area contributed by atoms with Crippen LogP contribution in [0.2, 0.25) is 0 Å². The molecule has 1 aromatic carbocycles. The summed E-state index contributed by atoms with van der Waals surface area (Å²) >= 11 is 0. The van der Waals surface area contributed by atoms with Gasteiger partial charge >= 0.3 is 5.97 Å². The van der Waals surface area contributed by atoms with E-state index in [-0.39, 0.29) is 0 Å². The van der Waals surface area contributed by atoms with Gasteiger partial charge in [0.1, 0.15) is 5.82 Å². The van der Waals surface area contributed by atoms with Crippen LogP contribution in [0.3, 0.4) is 0 Å². The molecule has 0 aliphatic heterocycles. The molecule has 0 aromatic heterocycles. The minimum atomic E-state index is -0.928. The van der Waals surface area contributed by atoms with Gasteiger partial charge in [-0.2, -0.15) is 0 Å². The van der Waals surface area contributed by atoms with Crippen LogP contribution >= 0.6 is 0 Å². The van der Waals surface area contributed by atoms with Crippen molar-refractivity contribution in [3.63, 3.8) is 0 Å². The van der Waals surface area contributed by atoms with Gasteiger partial charge in [-0.3, -0.25) is 4.79 Å². The van der Waals surface area contributed by atoms with Gasteiger partial charge in [0.05, 0.1) is 5.92 Å². The number of unbranched alkanes of at least 4 members (excludes halogenated alkanes) is 7. The predicted octanol–water partition coefficient (Wildman–Crippen LogP) is 5.52. The van der Waals surface area contributed by atoms with Crippen LogP contribution in [-0.4, -0.2) is 11.1 Å². The number of aliphatic carboxylic acids is 1. The fourth-order valence-electron chi connectivity index (χ4n) is 2.65. The monoisotopic (exact) mass is 294 g/mol. The lowest BCUT2D eigenvalue weighted by molar-refractivity contribution is -0.139. The predicted molar refractivity (Wildman–Crippen MR) is 84.0 cm³/mol. The van der Waals surface area contributed by atoms with Gasteiger partial charge in [-0.1, -0.05) is 76.5 Å². The summed E-state index contributed by atoms with van der Waals surface area (Å²) in [4.78, 5) is 11.3. The molecule has 0 aliphatic rings. The first kappa shape index (κ1) is 17.7.